The molecule has 1 aromatic carbocycles. The molecule has 0 fully saturated rings. The Balaban J connectivity index is 2.12. The van der Waals surface area contributed by atoms with Crippen LogP contribution in [0.2, 0.25) is 0 Å². The van der Waals surface area contributed by atoms with Crippen molar-refractivity contribution in [1.29, 1.82) is 0 Å². The van der Waals surface area contributed by atoms with Crippen LogP contribution in [0.3, 0.4) is 0 Å². The van der Waals surface area contributed by atoms with Gasteiger partial charge in [-0.05, 0) is 29.9 Å². The highest BCUT2D eigenvalue weighted by Gasteiger charge is 2.19. The van der Waals surface area contributed by atoms with Crippen molar-refractivity contribution in [3.63, 3.8) is 0 Å². The van der Waals surface area contributed by atoms with Gasteiger partial charge >= 0.3 is 0 Å². The Bertz CT molecular complexity index is 579. The van der Waals surface area contributed by atoms with E-state index in [-0.39, 0.29) is 22.7 Å². The van der Waals surface area contributed by atoms with Crippen LogP contribution in [-0.4, -0.2) is 4.92 Å². The quantitative estimate of drug-likeness (QED) is 0.621. The molecule has 0 aliphatic carbocycles. The molecular formula is C16H20N2O2S. The maximum atomic E-state index is 10.7. The fourth-order valence-electron chi connectivity index (χ4n) is 2.32. The zero-order valence-corrected chi connectivity index (χ0v) is 13.3. The predicted octanol–water partition coefficient (Wildman–Crippen LogP) is 4.70. The largest absolute Gasteiger partial charge is 0.302 e. The van der Waals surface area contributed by atoms with Crippen LogP contribution in [-0.2, 0) is 0 Å². The highest BCUT2D eigenvalue weighted by molar-refractivity contribution is 7.10. The van der Waals surface area contributed by atoms with Gasteiger partial charge in [-0.2, -0.15) is 0 Å². The molecule has 1 heterocycles. The van der Waals surface area contributed by atoms with E-state index < -0.39 is 0 Å². The number of thiophene rings is 1. The zero-order valence-electron chi connectivity index (χ0n) is 12.4. The van der Waals surface area contributed by atoms with E-state index in [9.17, 15) is 10.1 Å². The normalized spacial score (nSPS) is 14.1. The fraction of sp³-hybridized carbons (Fsp3) is 0.375. The first-order valence-corrected chi connectivity index (χ1v) is 7.91. The van der Waals surface area contributed by atoms with E-state index in [2.05, 4.69) is 43.6 Å². The van der Waals surface area contributed by atoms with Gasteiger partial charge in [0.15, 0.2) is 0 Å². The predicted molar refractivity (Wildman–Crippen MR) is 86.5 cm³/mol. The Morgan fingerprint density at radius 3 is 2.29 bits per heavy atom. The van der Waals surface area contributed by atoms with Crippen LogP contribution in [0.4, 0.5) is 5.69 Å². The summed E-state index contributed by atoms with van der Waals surface area (Å²) in [4.78, 5) is 11.6. The van der Waals surface area contributed by atoms with Gasteiger partial charge < -0.3 is 5.32 Å². The Morgan fingerprint density at radius 2 is 1.81 bits per heavy atom. The van der Waals surface area contributed by atoms with Gasteiger partial charge in [0.05, 0.1) is 4.92 Å². The van der Waals surface area contributed by atoms with E-state index in [4.69, 9.17) is 0 Å². The minimum atomic E-state index is -0.371. The second-order valence-electron chi connectivity index (χ2n) is 5.47. The molecule has 2 atom stereocenters. The molecule has 21 heavy (non-hydrogen) atoms. The average molecular weight is 304 g/mol. The first-order chi connectivity index (χ1) is 9.99. The van der Waals surface area contributed by atoms with Gasteiger partial charge in [0, 0.05) is 29.1 Å². The van der Waals surface area contributed by atoms with E-state index in [1.54, 1.807) is 23.5 Å². The molecule has 5 heteroatoms. The molecule has 0 aliphatic rings. The van der Waals surface area contributed by atoms with E-state index in [1.165, 1.54) is 4.88 Å². The molecule has 2 unspecified atom stereocenters. The van der Waals surface area contributed by atoms with Crippen molar-refractivity contribution in [2.24, 2.45) is 5.92 Å². The summed E-state index contributed by atoms with van der Waals surface area (Å²) in [5.74, 6) is 0.476. The van der Waals surface area contributed by atoms with Gasteiger partial charge in [-0.3, -0.25) is 10.1 Å². The standard InChI is InChI=1S/C16H20N2O2S/c1-11(2)16(15-5-4-10-21-15)17-12(3)13-6-8-14(9-7-13)18(19)20/h4-12,16-17H,1-3H3. The van der Waals surface area contributed by atoms with Crippen LogP contribution < -0.4 is 5.32 Å². The van der Waals surface area contributed by atoms with Gasteiger partial charge in [-0.15, -0.1) is 11.3 Å². The zero-order chi connectivity index (χ0) is 15.4. The number of nitrogens with zero attached hydrogens (tertiary/aromatic N) is 1. The Morgan fingerprint density at radius 1 is 1.14 bits per heavy atom. The lowest BCUT2D eigenvalue weighted by Gasteiger charge is -2.26. The third-order valence-corrected chi connectivity index (χ3v) is 4.51. The molecule has 2 aromatic rings. The lowest BCUT2D eigenvalue weighted by atomic mass is 9.99. The third-order valence-electron chi connectivity index (χ3n) is 3.55. The van der Waals surface area contributed by atoms with Crippen molar-refractivity contribution in [3.8, 4) is 0 Å². The van der Waals surface area contributed by atoms with Crippen LogP contribution in [0, 0.1) is 16.0 Å². The van der Waals surface area contributed by atoms with Crippen LogP contribution in [0.1, 0.15) is 43.3 Å². The van der Waals surface area contributed by atoms with Crippen molar-refractivity contribution < 1.29 is 4.92 Å². The molecule has 0 saturated carbocycles. The van der Waals surface area contributed by atoms with Crippen LogP contribution in [0.5, 0.6) is 0 Å². The van der Waals surface area contributed by atoms with Crippen molar-refractivity contribution in [3.05, 3.63) is 62.3 Å². The molecule has 0 aliphatic heterocycles. The third kappa shape index (κ3) is 3.89. The van der Waals surface area contributed by atoms with Gasteiger partial charge in [0.25, 0.3) is 5.69 Å². The topological polar surface area (TPSA) is 55.2 Å². The smallest absolute Gasteiger partial charge is 0.269 e. The van der Waals surface area contributed by atoms with Crippen LogP contribution >= 0.6 is 11.3 Å². The fourth-order valence-corrected chi connectivity index (χ4v) is 3.28. The molecule has 4 nitrogen and oxygen atoms in total. The lowest BCUT2D eigenvalue weighted by molar-refractivity contribution is -0.384. The van der Waals surface area contributed by atoms with Crippen molar-refractivity contribution in [2.75, 3.05) is 0 Å². The molecule has 112 valence electrons. The Kier molecular flexibility index (Phi) is 5.09. The molecule has 0 amide bonds. The van der Waals surface area contributed by atoms with E-state index in [0.717, 1.165) is 5.56 Å². The maximum absolute atomic E-state index is 10.7. The minimum absolute atomic E-state index is 0.129. The van der Waals surface area contributed by atoms with Crippen LogP contribution in [0.15, 0.2) is 41.8 Å². The van der Waals surface area contributed by atoms with Gasteiger partial charge in [-0.25, -0.2) is 0 Å². The van der Waals surface area contributed by atoms with E-state index >= 15 is 0 Å². The van der Waals surface area contributed by atoms with E-state index in [0.29, 0.717) is 5.92 Å². The van der Waals surface area contributed by atoms with Gasteiger partial charge in [0.2, 0.25) is 0 Å². The number of nitro groups is 1. The monoisotopic (exact) mass is 304 g/mol. The van der Waals surface area contributed by atoms with Crippen LogP contribution in [0.25, 0.3) is 0 Å². The molecule has 1 aromatic heterocycles. The summed E-state index contributed by atoms with van der Waals surface area (Å²) in [7, 11) is 0. The Labute approximate surface area is 129 Å². The second-order valence-corrected chi connectivity index (χ2v) is 6.45. The van der Waals surface area contributed by atoms with Crippen molar-refractivity contribution >= 4 is 17.0 Å². The molecule has 2 rings (SSSR count). The number of rotatable bonds is 6. The summed E-state index contributed by atoms with van der Waals surface area (Å²) in [5, 5.41) is 16.4. The van der Waals surface area contributed by atoms with Gasteiger partial charge in [0.1, 0.15) is 0 Å². The molecule has 1 N–H and O–H groups in total. The van der Waals surface area contributed by atoms with Gasteiger partial charge in [-0.1, -0.05) is 32.0 Å². The molecule has 0 radical (unpaired) electrons. The summed E-state index contributed by atoms with van der Waals surface area (Å²) >= 11 is 1.75. The summed E-state index contributed by atoms with van der Waals surface area (Å²) in [6.45, 7) is 6.48. The van der Waals surface area contributed by atoms with E-state index in [1.807, 2.05) is 12.1 Å². The SMILES string of the molecule is CC(NC(c1cccs1)C(C)C)c1ccc([N+](=O)[O-])cc1. The number of benzene rings is 1. The van der Waals surface area contributed by atoms with Crippen molar-refractivity contribution in [1.82, 2.24) is 5.32 Å². The highest BCUT2D eigenvalue weighted by Crippen LogP contribution is 2.29. The maximum Gasteiger partial charge on any atom is 0.269 e. The van der Waals surface area contributed by atoms with Crippen molar-refractivity contribution in [2.45, 2.75) is 32.9 Å². The average Bonchev–Trinajstić information content (AvgIpc) is 2.98. The second kappa shape index (κ2) is 6.83. The molecule has 0 bridgehead atoms. The Hall–Kier alpha value is -1.72. The summed E-state index contributed by atoms with van der Waals surface area (Å²) < 4.78 is 0. The first kappa shape index (κ1) is 15.7. The number of nitro benzene ring substituents is 1. The summed E-state index contributed by atoms with van der Waals surface area (Å²) in [6.07, 6.45) is 0. The lowest BCUT2D eigenvalue weighted by Crippen LogP contribution is -2.27. The highest BCUT2D eigenvalue weighted by atomic mass is 32.1. The molecule has 0 spiro atoms. The first-order valence-electron chi connectivity index (χ1n) is 7.03. The summed E-state index contributed by atoms with van der Waals surface area (Å²) in [6, 6.07) is 11.4. The number of non-ortho nitro benzene ring substituents is 1. The minimum Gasteiger partial charge on any atom is -0.302 e. The number of nitrogens with one attached hydrogen (secondary N) is 1. The molecule has 0 saturated heterocycles. The number of hydrogen-bond acceptors (Lipinski definition) is 4. The molecular weight excluding hydrogens is 284 g/mol. The summed E-state index contributed by atoms with van der Waals surface area (Å²) in [5.41, 5.74) is 1.19. The number of hydrogen-bond donors (Lipinski definition) is 1.